The molecular formula is C6H12N2O2. The largest absolute Gasteiger partial charge is 0.372 e. The van der Waals surface area contributed by atoms with Crippen molar-refractivity contribution in [3.63, 3.8) is 0 Å². The molecule has 4 N–H and O–H groups in total. The highest BCUT2D eigenvalue weighted by atomic mass is 16.6. The summed E-state index contributed by atoms with van der Waals surface area (Å²) in [5.41, 5.74) is 11.3. The Kier molecular flexibility index (Phi) is 1.42. The van der Waals surface area contributed by atoms with Crippen LogP contribution in [0, 0.1) is 5.92 Å². The molecule has 0 aromatic rings. The normalized spacial score (nSPS) is 53.4. The third-order valence-corrected chi connectivity index (χ3v) is 2.26. The van der Waals surface area contributed by atoms with Crippen LogP contribution in [-0.4, -0.2) is 31.6 Å². The molecule has 2 saturated heterocycles. The van der Waals surface area contributed by atoms with Crippen molar-refractivity contribution in [1.29, 1.82) is 0 Å². The molecule has 10 heavy (non-hydrogen) atoms. The van der Waals surface area contributed by atoms with Gasteiger partial charge in [-0.2, -0.15) is 0 Å². The van der Waals surface area contributed by atoms with Gasteiger partial charge >= 0.3 is 0 Å². The molecule has 0 bridgehead atoms. The van der Waals surface area contributed by atoms with Gasteiger partial charge < -0.3 is 20.9 Å². The zero-order valence-electron chi connectivity index (χ0n) is 5.69. The Morgan fingerprint density at radius 1 is 1.10 bits per heavy atom. The Bertz CT molecular complexity index is 126. The second-order valence-corrected chi connectivity index (χ2v) is 2.92. The molecule has 2 heterocycles. The lowest BCUT2D eigenvalue weighted by Crippen LogP contribution is -2.35. The second-order valence-electron chi connectivity index (χ2n) is 2.92. The van der Waals surface area contributed by atoms with Crippen LogP contribution in [0.25, 0.3) is 0 Å². The zero-order valence-corrected chi connectivity index (χ0v) is 5.69. The summed E-state index contributed by atoms with van der Waals surface area (Å²) in [6.45, 7) is 1.29. The summed E-state index contributed by atoms with van der Waals surface area (Å²) < 4.78 is 10.5. The molecule has 0 saturated carbocycles. The van der Waals surface area contributed by atoms with E-state index in [9.17, 15) is 0 Å². The van der Waals surface area contributed by atoms with E-state index in [1.54, 1.807) is 0 Å². The van der Waals surface area contributed by atoms with Gasteiger partial charge in [0.15, 0.2) is 0 Å². The Morgan fingerprint density at radius 3 is 2.60 bits per heavy atom. The van der Waals surface area contributed by atoms with Crippen LogP contribution in [0.2, 0.25) is 0 Å². The number of hydrogen-bond acceptors (Lipinski definition) is 4. The van der Waals surface area contributed by atoms with Crippen molar-refractivity contribution in [2.75, 3.05) is 13.2 Å². The Morgan fingerprint density at radius 2 is 1.90 bits per heavy atom. The van der Waals surface area contributed by atoms with Crippen LogP contribution >= 0.6 is 0 Å². The Labute approximate surface area is 59.5 Å². The first kappa shape index (κ1) is 6.54. The third-order valence-electron chi connectivity index (χ3n) is 2.26. The van der Waals surface area contributed by atoms with Gasteiger partial charge in [0.2, 0.25) is 0 Å². The maximum absolute atomic E-state index is 5.72. The summed E-state index contributed by atoms with van der Waals surface area (Å²) >= 11 is 0. The van der Waals surface area contributed by atoms with Gasteiger partial charge in [0.05, 0.1) is 13.2 Å². The van der Waals surface area contributed by atoms with Crippen LogP contribution in [0.15, 0.2) is 0 Å². The van der Waals surface area contributed by atoms with Gasteiger partial charge in [0.1, 0.15) is 12.3 Å². The predicted molar refractivity (Wildman–Crippen MR) is 35.1 cm³/mol. The van der Waals surface area contributed by atoms with Crippen molar-refractivity contribution in [3.8, 4) is 0 Å². The molecule has 2 aliphatic rings. The van der Waals surface area contributed by atoms with Crippen molar-refractivity contribution >= 4 is 0 Å². The average Bonchev–Trinajstić information content (AvgIpc) is 2.41. The van der Waals surface area contributed by atoms with E-state index in [0.717, 1.165) is 0 Å². The summed E-state index contributed by atoms with van der Waals surface area (Å²) in [6, 6.07) is 0.124. The highest BCUT2D eigenvalue weighted by Gasteiger charge is 2.44. The minimum absolute atomic E-state index is 0.0509. The molecule has 0 aliphatic carbocycles. The monoisotopic (exact) mass is 144 g/mol. The molecule has 58 valence electrons. The summed E-state index contributed by atoms with van der Waals surface area (Å²) in [7, 11) is 0. The van der Waals surface area contributed by atoms with Gasteiger partial charge in [-0.25, -0.2) is 0 Å². The zero-order chi connectivity index (χ0) is 7.14. The Balaban J connectivity index is 2.09. The number of nitrogens with two attached hydrogens (primary N) is 2. The van der Waals surface area contributed by atoms with Crippen LogP contribution in [0.5, 0.6) is 0 Å². The van der Waals surface area contributed by atoms with E-state index in [1.165, 1.54) is 0 Å². The SMILES string of the molecule is N[C@@H]1CO[C@@H]2[C@H]1CO[C@@H]2N. The number of ether oxygens (including phenoxy) is 2. The van der Waals surface area contributed by atoms with E-state index < -0.39 is 0 Å². The fraction of sp³-hybridized carbons (Fsp3) is 1.00. The molecule has 0 radical (unpaired) electrons. The van der Waals surface area contributed by atoms with E-state index in [2.05, 4.69) is 0 Å². The smallest absolute Gasteiger partial charge is 0.132 e. The fourth-order valence-corrected chi connectivity index (χ4v) is 1.59. The van der Waals surface area contributed by atoms with Crippen LogP contribution in [0.3, 0.4) is 0 Å². The fourth-order valence-electron chi connectivity index (χ4n) is 1.59. The summed E-state index contributed by atoms with van der Waals surface area (Å²) in [5, 5.41) is 0. The molecule has 0 unspecified atom stereocenters. The minimum atomic E-state index is -0.251. The predicted octanol–water partition coefficient (Wildman–Crippen LogP) is -1.36. The van der Waals surface area contributed by atoms with Gasteiger partial charge in [0.25, 0.3) is 0 Å². The lowest BCUT2D eigenvalue weighted by atomic mass is 10.0. The lowest BCUT2D eigenvalue weighted by molar-refractivity contribution is 0.0105. The van der Waals surface area contributed by atoms with Gasteiger partial charge in [-0.1, -0.05) is 0 Å². The van der Waals surface area contributed by atoms with Gasteiger partial charge in [-0.15, -0.1) is 0 Å². The molecule has 0 aromatic heterocycles. The summed E-state index contributed by atoms with van der Waals surface area (Å²) in [5.74, 6) is 0.329. The summed E-state index contributed by atoms with van der Waals surface area (Å²) in [6.07, 6.45) is -0.200. The van der Waals surface area contributed by atoms with Crippen LogP contribution in [0.1, 0.15) is 0 Å². The van der Waals surface area contributed by atoms with Crippen molar-refractivity contribution in [2.24, 2.45) is 17.4 Å². The van der Waals surface area contributed by atoms with Crippen molar-refractivity contribution in [3.05, 3.63) is 0 Å². The van der Waals surface area contributed by atoms with Crippen LogP contribution in [0.4, 0.5) is 0 Å². The third kappa shape index (κ3) is 0.769. The molecule has 2 aliphatic heterocycles. The highest BCUT2D eigenvalue weighted by Crippen LogP contribution is 2.28. The number of rotatable bonds is 0. The van der Waals surface area contributed by atoms with Gasteiger partial charge in [-0.3, -0.25) is 0 Å². The van der Waals surface area contributed by atoms with E-state index in [4.69, 9.17) is 20.9 Å². The highest BCUT2D eigenvalue weighted by molar-refractivity contribution is 4.93. The molecule has 2 fully saturated rings. The van der Waals surface area contributed by atoms with Gasteiger partial charge in [0, 0.05) is 12.0 Å². The lowest BCUT2D eigenvalue weighted by Gasteiger charge is -2.10. The molecular weight excluding hydrogens is 132 g/mol. The standard InChI is InChI=1S/C6H12N2O2/c7-4-2-9-5-3(4)1-10-6(5)8/h3-6H,1-2,7-8H2/t3-,4+,5+,6-/m0/s1. The Hall–Kier alpha value is -0.160. The average molecular weight is 144 g/mol. The van der Waals surface area contributed by atoms with E-state index in [1.807, 2.05) is 0 Å². The molecule has 0 aromatic carbocycles. The van der Waals surface area contributed by atoms with Crippen molar-refractivity contribution in [1.82, 2.24) is 0 Å². The van der Waals surface area contributed by atoms with Crippen LogP contribution < -0.4 is 11.5 Å². The topological polar surface area (TPSA) is 70.5 Å². The van der Waals surface area contributed by atoms with Gasteiger partial charge in [-0.05, 0) is 0 Å². The quantitative estimate of drug-likeness (QED) is 0.440. The van der Waals surface area contributed by atoms with Crippen molar-refractivity contribution in [2.45, 2.75) is 18.4 Å². The number of fused-ring (bicyclic) bond motifs is 1. The van der Waals surface area contributed by atoms with Crippen LogP contribution in [-0.2, 0) is 9.47 Å². The summed E-state index contributed by atoms with van der Waals surface area (Å²) in [4.78, 5) is 0. The molecule has 4 heteroatoms. The van der Waals surface area contributed by atoms with E-state index in [0.29, 0.717) is 19.1 Å². The first-order chi connectivity index (χ1) is 4.79. The molecule has 2 rings (SSSR count). The number of hydrogen-bond donors (Lipinski definition) is 2. The maximum atomic E-state index is 5.72. The first-order valence-corrected chi connectivity index (χ1v) is 3.53. The molecule has 0 amide bonds. The molecule has 4 atom stereocenters. The van der Waals surface area contributed by atoms with E-state index in [-0.39, 0.29) is 18.4 Å². The van der Waals surface area contributed by atoms with E-state index >= 15 is 0 Å². The molecule has 0 spiro atoms. The van der Waals surface area contributed by atoms with Crippen molar-refractivity contribution < 1.29 is 9.47 Å². The minimum Gasteiger partial charge on any atom is -0.372 e. The maximum Gasteiger partial charge on any atom is 0.132 e. The molecule has 4 nitrogen and oxygen atoms in total. The second kappa shape index (κ2) is 2.17. The first-order valence-electron chi connectivity index (χ1n) is 3.53.